The van der Waals surface area contributed by atoms with Crippen molar-refractivity contribution in [1.29, 1.82) is 0 Å². The zero-order chi connectivity index (χ0) is 14.4. The van der Waals surface area contributed by atoms with Crippen molar-refractivity contribution in [2.24, 2.45) is 0 Å². The van der Waals surface area contributed by atoms with Crippen molar-refractivity contribution in [2.45, 2.75) is 12.8 Å². The van der Waals surface area contributed by atoms with Gasteiger partial charge in [0.1, 0.15) is 0 Å². The first-order chi connectivity index (χ1) is 9.66. The highest BCUT2D eigenvalue weighted by molar-refractivity contribution is 5.71. The number of nitrogens with one attached hydrogen (secondary N) is 1. The normalized spacial score (nSPS) is 10.8. The molecule has 106 valence electrons. The van der Waals surface area contributed by atoms with Crippen LogP contribution in [0.2, 0.25) is 0 Å². The maximum Gasteiger partial charge on any atom is 0.153 e. The van der Waals surface area contributed by atoms with Crippen LogP contribution >= 0.6 is 0 Å². The van der Waals surface area contributed by atoms with Gasteiger partial charge < -0.3 is 16.0 Å². The van der Waals surface area contributed by atoms with Crippen molar-refractivity contribution in [2.75, 3.05) is 31.7 Å². The smallest absolute Gasteiger partial charge is 0.153 e. The van der Waals surface area contributed by atoms with Gasteiger partial charge in [-0.2, -0.15) is 0 Å². The molecule has 3 N–H and O–H groups in total. The molecule has 0 unspecified atom stereocenters. The Morgan fingerprint density at radius 1 is 1.15 bits per heavy atom. The van der Waals surface area contributed by atoms with E-state index in [1.807, 2.05) is 42.6 Å². The van der Waals surface area contributed by atoms with Crippen molar-refractivity contribution < 1.29 is 0 Å². The van der Waals surface area contributed by atoms with E-state index in [9.17, 15) is 0 Å². The van der Waals surface area contributed by atoms with E-state index < -0.39 is 0 Å². The third kappa shape index (κ3) is 3.96. The number of para-hydroxylation sites is 1. The first kappa shape index (κ1) is 14.3. The van der Waals surface area contributed by atoms with E-state index in [1.54, 1.807) is 0 Å². The molecule has 1 aromatic carbocycles. The average molecular weight is 270 g/mol. The first-order valence-corrected chi connectivity index (χ1v) is 6.87. The summed E-state index contributed by atoms with van der Waals surface area (Å²) in [6, 6.07) is 12.0. The Balaban J connectivity index is 2.07. The lowest BCUT2D eigenvalue weighted by atomic mass is 10.1. The largest absolute Gasteiger partial charge is 0.396 e. The fourth-order valence-electron chi connectivity index (χ4n) is 2.07. The Hall–Kier alpha value is -2.07. The molecule has 0 saturated heterocycles. The Kier molecular flexibility index (Phi) is 4.96. The summed E-state index contributed by atoms with van der Waals surface area (Å²) in [4.78, 5) is 6.51. The summed E-state index contributed by atoms with van der Waals surface area (Å²) in [5.41, 5.74) is 9.11. The highest BCUT2D eigenvalue weighted by Gasteiger charge is 2.06. The van der Waals surface area contributed by atoms with Crippen LogP contribution in [0.1, 0.15) is 12.0 Å². The molecule has 0 saturated carbocycles. The summed E-state index contributed by atoms with van der Waals surface area (Å²) in [7, 11) is 4.16. The van der Waals surface area contributed by atoms with Gasteiger partial charge in [0.25, 0.3) is 0 Å². The molecule has 20 heavy (non-hydrogen) atoms. The van der Waals surface area contributed by atoms with Gasteiger partial charge in [0.2, 0.25) is 0 Å². The van der Waals surface area contributed by atoms with Gasteiger partial charge in [0.05, 0.1) is 5.69 Å². The maximum atomic E-state index is 6.21. The molecule has 0 aliphatic carbocycles. The fourth-order valence-corrected chi connectivity index (χ4v) is 2.07. The topological polar surface area (TPSA) is 54.2 Å². The first-order valence-electron chi connectivity index (χ1n) is 6.87. The van der Waals surface area contributed by atoms with Crippen LogP contribution in [0.3, 0.4) is 0 Å². The lowest BCUT2D eigenvalue weighted by molar-refractivity contribution is 0.400. The number of nitrogen functional groups attached to an aromatic ring is 1. The minimum atomic E-state index is 0.735. The quantitative estimate of drug-likeness (QED) is 0.847. The Morgan fingerprint density at radius 2 is 1.90 bits per heavy atom. The number of nitrogens with two attached hydrogens (primary N) is 1. The van der Waals surface area contributed by atoms with Gasteiger partial charge in [0.15, 0.2) is 5.82 Å². The van der Waals surface area contributed by atoms with Crippen LogP contribution in [0, 0.1) is 0 Å². The zero-order valence-electron chi connectivity index (χ0n) is 12.1. The SMILES string of the molecule is CN(C)CCCc1ccnc(Nc2ccccc2)c1N. The number of hydrogen-bond donors (Lipinski definition) is 2. The highest BCUT2D eigenvalue weighted by atomic mass is 15.0. The third-order valence-electron chi connectivity index (χ3n) is 3.17. The minimum absolute atomic E-state index is 0.735. The molecule has 0 amide bonds. The van der Waals surface area contributed by atoms with E-state index in [4.69, 9.17) is 5.73 Å². The molecule has 1 aromatic heterocycles. The number of anilines is 3. The second-order valence-electron chi connectivity index (χ2n) is 5.13. The molecule has 4 nitrogen and oxygen atoms in total. The predicted molar refractivity (Wildman–Crippen MR) is 85.2 cm³/mol. The molecule has 0 atom stereocenters. The molecule has 0 fully saturated rings. The van der Waals surface area contributed by atoms with E-state index in [0.717, 1.165) is 42.1 Å². The molecule has 0 aliphatic heterocycles. The van der Waals surface area contributed by atoms with Crippen molar-refractivity contribution in [3.05, 3.63) is 48.2 Å². The summed E-state index contributed by atoms with van der Waals surface area (Å²) < 4.78 is 0. The van der Waals surface area contributed by atoms with E-state index in [0.29, 0.717) is 0 Å². The van der Waals surface area contributed by atoms with E-state index >= 15 is 0 Å². The Labute approximate surface area is 120 Å². The molecule has 1 heterocycles. The van der Waals surface area contributed by atoms with Crippen LogP contribution in [0.15, 0.2) is 42.6 Å². The van der Waals surface area contributed by atoms with Crippen molar-refractivity contribution in [3.63, 3.8) is 0 Å². The summed E-state index contributed by atoms with van der Waals surface area (Å²) in [6.07, 6.45) is 3.87. The standard InChI is InChI=1S/C16H22N4/c1-20(2)12-6-7-13-10-11-18-16(15(13)17)19-14-8-4-3-5-9-14/h3-5,8-11H,6-7,12,17H2,1-2H3,(H,18,19). The fraction of sp³-hybridized carbons (Fsp3) is 0.312. The van der Waals surface area contributed by atoms with Gasteiger partial charge >= 0.3 is 0 Å². The number of benzene rings is 1. The van der Waals surface area contributed by atoms with Crippen LogP contribution in [0.25, 0.3) is 0 Å². The number of rotatable bonds is 6. The van der Waals surface area contributed by atoms with Crippen molar-refractivity contribution >= 4 is 17.2 Å². The number of nitrogens with zero attached hydrogens (tertiary/aromatic N) is 2. The highest BCUT2D eigenvalue weighted by Crippen LogP contribution is 2.24. The number of aryl methyl sites for hydroxylation is 1. The van der Waals surface area contributed by atoms with E-state index in [2.05, 4.69) is 29.3 Å². The van der Waals surface area contributed by atoms with Crippen molar-refractivity contribution in [3.8, 4) is 0 Å². The number of aromatic nitrogens is 1. The third-order valence-corrected chi connectivity index (χ3v) is 3.17. The predicted octanol–water partition coefficient (Wildman–Crippen LogP) is 2.90. The minimum Gasteiger partial charge on any atom is -0.396 e. The Morgan fingerprint density at radius 3 is 2.60 bits per heavy atom. The molecule has 2 aromatic rings. The summed E-state index contributed by atoms with van der Waals surface area (Å²) in [5, 5.41) is 3.27. The van der Waals surface area contributed by atoms with Crippen LogP contribution in [-0.2, 0) is 6.42 Å². The molecular weight excluding hydrogens is 248 g/mol. The molecule has 0 radical (unpaired) electrons. The summed E-state index contributed by atoms with van der Waals surface area (Å²) in [6.45, 7) is 1.06. The average Bonchev–Trinajstić information content (AvgIpc) is 2.44. The van der Waals surface area contributed by atoms with Gasteiger partial charge in [-0.3, -0.25) is 0 Å². The van der Waals surface area contributed by atoms with Gasteiger partial charge in [-0.1, -0.05) is 18.2 Å². The second-order valence-corrected chi connectivity index (χ2v) is 5.13. The van der Waals surface area contributed by atoms with Crippen LogP contribution in [0.5, 0.6) is 0 Å². The second kappa shape index (κ2) is 6.91. The van der Waals surface area contributed by atoms with Crippen LogP contribution < -0.4 is 11.1 Å². The molecular formula is C16H22N4. The van der Waals surface area contributed by atoms with Gasteiger partial charge in [-0.15, -0.1) is 0 Å². The number of pyridine rings is 1. The lowest BCUT2D eigenvalue weighted by Crippen LogP contribution is -2.14. The summed E-state index contributed by atoms with van der Waals surface area (Å²) >= 11 is 0. The molecule has 4 heteroatoms. The monoisotopic (exact) mass is 270 g/mol. The number of hydrogen-bond acceptors (Lipinski definition) is 4. The van der Waals surface area contributed by atoms with Crippen LogP contribution in [-0.4, -0.2) is 30.5 Å². The molecule has 0 aliphatic rings. The zero-order valence-corrected chi connectivity index (χ0v) is 12.1. The van der Waals surface area contributed by atoms with Crippen molar-refractivity contribution in [1.82, 2.24) is 9.88 Å². The van der Waals surface area contributed by atoms with Gasteiger partial charge in [-0.05, 0) is 57.2 Å². The lowest BCUT2D eigenvalue weighted by Gasteiger charge is -2.13. The van der Waals surface area contributed by atoms with E-state index in [-0.39, 0.29) is 0 Å². The van der Waals surface area contributed by atoms with Gasteiger partial charge in [-0.25, -0.2) is 4.98 Å². The Bertz CT molecular complexity index is 537. The maximum absolute atomic E-state index is 6.21. The van der Waals surface area contributed by atoms with Crippen LogP contribution in [0.4, 0.5) is 17.2 Å². The molecule has 0 bridgehead atoms. The summed E-state index contributed by atoms with van der Waals surface area (Å²) in [5.74, 6) is 0.735. The van der Waals surface area contributed by atoms with E-state index in [1.165, 1.54) is 0 Å². The van der Waals surface area contributed by atoms with Gasteiger partial charge in [0, 0.05) is 11.9 Å². The molecule has 2 rings (SSSR count). The molecule has 0 spiro atoms.